The van der Waals surface area contributed by atoms with Crippen molar-refractivity contribution in [1.29, 1.82) is 0 Å². The Kier molecular flexibility index (Phi) is 4.16. The molecular formula is C15H22N4O. The first-order valence-electron chi connectivity index (χ1n) is 7.56. The summed E-state index contributed by atoms with van der Waals surface area (Å²) in [6, 6.07) is 4.02. The fourth-order valence-corrected chi connectivity index (χ4v) is 2.98. The standard InChI is InChI=1S/C15H22N4O/c20-15(18-12-5-8-16-9-6-12)13-4-3-7-17-14(13)19-10-1-2-11-19/h3-4,7,12,16H,1-2,5-6,8-11H2,(H,18,20). The molecule has 0 unspecified atom stereocenters. The molecule has 2 saturated heterocycles. The number of aromatic nitrogens is 1. The molecule has 3 rings (SSSR count). The summed E-state index contributed by atoms with van der Waals surface area (Å²) in [7, 11) is 0. The molecule has 2 N–H and O–H groups in total. The SMILES string of the molecule is O=C(NC1CCNCC1)c1cccnc1N1CCCC1. The highest BCUT2D eigenvalue weighted by molar-refractivity contribution is 5.99. The first kappa shape index (κ1) is 13.4. The van der Waals surface area contributed by atoms with Crippen molar-refractivity contribution < 1.29 is 4.79 Å². The van der Waals surface area contributed by atoms with E-state index in [9.17, 15) is 4.79 Å². The van der Waals surface area contributed by atoms with Gasteiger partial charge in [-0.05, 0) is 50.9 Å². The van der Waals surface area contributed by atoms with E-state index in [4.69, 9.17) is 0 Å². The maximum Gasteiger partial charge on any atom is 0.255 e. The highest BCUT2D eigenvalue weighted by atomic mass is 16.1. The van der Waals surface area contributed by atoms with E-state index in [-0.39, 0.29) is 11.9 Å². The number of carbonyl (C=O) groups is 1. The van der Waals surface area contributed by atoms with Crippen LogP contribution in [0.4, 0.5) is 5.82 Å². The van der Waals surface area contributed by atoms with Crippen molar-refractivity contribution in [2.24, 2.45) is 0 Å². The largest absolute Gasteiger partial charge is 0.356 e. The molecule has 0 radical (unpaired) electrons. The van der Waals surface area contributed by atoms with E-state index < -0.39 is 0 Å². The number of carbonyl (C=O) groups excluding carboxylic acids is 1. The average Bonchev–Trinajstić information content (AvgIpc) is 3.02. The van der Waals surface area contributed by atoms with Crippen LogP contribution in [0, 0.1) is 0 Å². The molecule has 1 aromatic rings. The molecule has 0 aliphatic carbocycles. The molecule has 108 valence electrons. The molecule has 20 heavy (non-hydrogen) atoms. The molecule has 0 spiro atoms. The van der Waals surface area contributed by atoms with Crippen molar-refractivity contribution in [2.45, 2.75) is 31.7 Å². The zero-order valence-corrected chi connectivity index (χ0v) is 11.8. The van der Waals surface area contributed by atoms with Crippen LogP contribution in [0.3, 0.4) is 0 Å². The summed E-state index contributed by atoms with van der Waals surface area (Å²) in [5.74, 6) is 0.864. The van der Waals surface area contributed by atoms with Gasteiger partial charge in [-0.25, -0.2) is 4.98 Å². The minimum absolute atomic E-state index is 0.0203. The van der Waals surface area contributed by atoms with Crippen LogP contribution in [0.15, 0.2) is 18.3 Å². The second-order valence-electron chi connectivity index (χ2n) is 5.57. The molecule has 2 fully saturated rings. The van der Waals surface area contributed by atoms with Crippen LogP contribution >= 0.6 is 0 Å². The molecule has 5 heteroatoms. The van der Waals surface area contributed by atoms with Gasteiger partial charge in [-0.3, -0.25) is 4.79 Å². The number of anilines is 1. The summed E-state index contributed by atoms with van der Waals surface area (Å²) >= 11 is 0. The molecule has 0 bridgehead atoms. The Balaban J connectivity index is 1.73. The van der Waals surface area contributed by atoms with E-state index in [1.165, 1.54) is 12.8 Å². The molecule has 1 aromatic heterocycles. The minimum Gasteiger partial charge on any atom is -0.356 e. The van der Waals surface area contributed by atoms with Gasteiger partial charge in [0.15, 0.2) is 0 Å². The normalized spacial score (nSPS) is 20.1. The van der Waals surface area contributed by atoms with Gasteiger partial charge in [0.2, 0.25) is 0 Å². The van der Waals surface area contributed by atoms with Crippen LogP contribution in [0.2, 0.25) is 0 Å². The third-order valence-electron chi connectivity index (χ3n) is 4.11. The minimum atomic E-state index is 0.0203. The monoisotopic (exact) mass is 274 g/mol. The highest BCUT2D eigenvalue weighted by Crippen LogP contribution is 2.22. The Bertz CT molecular complexity index is 465. The van der Waals surface area contributed by atoms with Gasteiger partial charge in [0.1, 0.15) is 5.82 Å². The predicted octanol–water partition coefficient (Wildman–Crippen LogP) is 1.16. The van der Waals surface area contributed by atoms with Crippen LogP contribution in [0.1, 0.15) is 36.0 Å². The molecule has 3 heterocycles. The molecule has 0 atom stereocenters. The topological polar surface area (TPSA) is 57.3 Å². The van der Waals surface area contributed by atoms with Crippen LogP contribution < -0.4 is 15.5 Å². The number of hydrogen-bond acceptors (Lipinski definition) is 4. The van der Waals surface area contributed by atoms with Gasteiger partial charge in [0, 0.05) is 25.3 Å². The van der Waals surface area contributed by atoms with Gasteiger partial charge >= 0.3 is 0 Å². The van der Waals surface area contributed by atoms with E-state index in [1.54, 1.807) is 6.20 Å². The van der Waals surface area contributed by atoms with Crippen molar-refractivity contribution in [2.75, 3.05) is 31.1 Å². The molecule has 1 amide bonds. The number of nitrogens with zero attached hydrogens (tertiary/aromatic N) is 2. The lowest BCUT2D eigenvalue weighted by Gasteiger charge is -2.25. The third kappa shape index (κ3) is 2.93. The van der Waals surface area contributed by atoms with Crippen LogP contribution in [-0.2, 0) is 0 Å². The number of nitrogens with one attached hydrogen (secondary N) is 2. The van der Waals surface area contributed by atoms with Crippen molar-refractivity contribution in [3.63, 3.8) is 0 Å². The zero-order valence-electron chi connectivity index (χ0n) is 11.8. The van der Waals surface area contributed by atoms with Gasteiger partial charge in [0.25, 0.3) is 5.91 Å². The van der Waals surface area contributed by atoms with E-state index in [2.05, 4.69) is 20.5 Å². The fraction of sp³-hybridized carbons (Fsp3) is 0.600. The van der Waals surface area contributed by atoms with Gasteiger partial charge in [-0.1, -0.05) is 0 Å². The van der Waals surface area contributed by atoms with Gasteiger partial charge in [0.05, 0.1) is 5.56 Å². The smallest absolute Gasteiger partial charge is 0.255 e. The summed E-state index contributed by atoms with van der Waals surface area (Å²) in [5.41, 5.74) is 0.716. The Hall–Kier alpha value is -1.62. The van der Waals surface area contributed by atoms with Gasteiger partial charge in [-0.2, -0.15) is 0 Å². The van der Waals surface area contributed by atoms with E-state index >= 15 is 0 Å². The maximum absolute atomic E-state index is 12.5. The molecule has 5 nitrogen and oxygen atoms in total. The Morgan fingerprint density at radius 3 is 2.80 bits per heavy atom. The molecule has 2 aliphatic rings. The van der Waals surface area contributed by atoms with Crippen molar-refractivity contribution in [3.8, 4) is 0 Å². The average molecular weight is 274 g/mol. The quantitative estimate of drug-likeness (QED) is 0.868. The Morgan fingerprint density at radius 1 is 1.30 bits per heavy atom. The summed E-state index contributed by atoms with van der Waals surface area (Å²) in [6.07, 6.45) is 6.16. The van der Waals surface area contributed by atoms with Gasteiger partial charge < -0.3 is 15.5 Å². The second kappa shape index (κ2) is 6.22. The number of piperidine rings is 1. The number of amides is 1. The van der Waals surface area contributed by atoms with Gasteiger partial charge in [-0.15, -0.1) is 0 Å². The Labute approximate surface area is 119 Å². The first-order valence-corrected chi connectivity index (χ1v) is 7.56. The molecule has 0 saturated carbocycles. The van der Waals surface area contributed by atoms with Crippen LogP contribution in [0.25, 0.3) is 0 Å². The van der Waals surface area contributed by atoms with Crippen molar-refractivity contribution >= 4 is 11.7 Å². The van der Waals surface area contributed by atoms with Crippen LogP contribution in [-0.4, -0.2) is 43.1 Å². The number of pyridine rings is 1. The third-order valence-corrected chi connectivity index (χ3v) is 4.11. The summed E-state index contributed by atoms with van der Waals surface area (Å²) in [6.45, 7) is 3.98. The summed E-state index contributed by atoms with van der Waals surface area (Å²) < 4.78 is 0. The lowest BCUT2D eigenvalue weighted by molar-refractivity contribution is 0.0930. The lowest BCUT2D eigenvalue weighted by atomic mass is 10.1. The van der Waals surface area contributed by atoms with Crippen molar-refractivity contribution in [1.82, 2.24) is 15.6 Å². The highest BCUT2D eigenvalue weighted by Gasteiger charge is 2.22. The molecule has 2 aliphatic heterocycles. The Morgan fingerprint density at radius 2 is 2.05 bits per heavy atom. The lowest BCUT2D eigenvalue weighted by Crippen LogP contribution is -2.43. The van der Waals surface area contributed by atoms with Crippen LogP contribution in [0.5, 0.6) is 0 Å². The number of hydrogen-bond donors (Lipinski definition) is 2. The fourth-order valence-electron chi connectivity index (χ4n) is 2.98. The maximum atomic E-state index is 12.5. The van der Waals surface area contributed by atoms with E-state index in [1.807, 2.05) is 12.1 Å². The van der Waals surface area contributed by atoms with E-state index in [0.717, 1.165) is 44.8 Å². The number of rotatable bonds is 3. The predicted molar refractivity (Wildman–Crippen MR) is 79.0 cm³/mol. The van der Waals surface area contributed by atoms with Crippen molar-refractivity contribution in [3.05, 3.63) is 23.9 Å². The molecular weight excluding hydrogens is 252 g/mol. The first-order chi connectivity index (χ1) is 9.84. The second-order valence-corrected chi connectivity index (χ2v) is 5.57. The summed E-state index contributed by atoms with van der Waals surface area (Å²) in [5, 5.41) is 6.47. The van der Waals surface area contributed by atoms with E-state index in [0.29, 0.717) is 5.56 Å². The summed E-state index contributed by atoms with van der Waals surface area (Å²) in [4.78, 5) is 19.1. The zero-order chi connectivity index (χ0) is 13.8. The molecule has 0 aromatic carbocycles.